The van der Waals surface area contributed by atoms with Gasteiger partial charge in [-0.25, -0.2) is 9.78 Å². The Labute approximate surface area is 103 Å². The van der Waals surface area contributed by atoms with Crippen molar-refractivity contribution in [1.29, 1.82) is 0 Å². The first kappa shape index (κ1) is 10.5. The molecule has 0 aliphatic rings. The molecule has 0 atom stereocenters. The number of rotatable bonds is 2. The Kier molecular flexibility index (Phi) is 2.53. The number of hydrogen-bond acceptors (Lipinski definition) is 3. The standard InChI is InChI=1S/C14H10N2O2/c17-14(18-11-6-2-1-3-7-11)12-10-15-13-8-4-5-9-16(12)13/h1-10H. The molecule has 1 aromatic carbocycles. The summed E-state index contributed by atoms with van der Waals surface area (Å²) in [6, 6.07) is 14.5. The number of carbonyl (C=O) groups excluding carboxylic acids is 1. The normalized spacial score (nSPS) is 10.4. The van der Waals surface area contributed by atoms with Gasteiger partial charge in [0.15, 0.2) is 5.69 Å². The summed E-state index contributed by atoms with van der Waals surface area (Å²) >= 11 is 0. The maximum absolute atomic E-state index is 12.0. The number of nitrogens with zero attached hydrogens (tertiary/aromatic N) is 2. The summed E-state index contributed by atoms with van der Waals surface area (Å²) in [6.45, 7) is 0. The van der Waals surface area contributed by atoms with Crippen molar-refractivity contribution in [2.75, 3.05) is 0 Å². The summed E-state index contributed by atoms with van der Waals surface area (Å²) in [5.74, 6) is 0.105. The van der Waals surface area contributed by atoms with E-state index < -0.39 is 5.97 Å². The molecule has 18 heavy (non-hydrogen) atoms. The van der Waals surface area contributed by atoms with E-state index in [0.29, 0.717) is 11.4 Å². The molecule has 4 heteroatoms. The molecule has 2 aromatic heterocycles. The van der Waals surface area contributed by atoms with Gasteiger partial charge in [0, 0.05) is 6.20 Å². The van der Waals surface area contributed by atoms with Crippen molar-refractivity contribution >= 4 is 11.6 Å². The molecule has 0 aliphatic heterocycles. The number of benzene rings is 1. The van der Waals surface area contributed by atoms with Gasteiger partial charge in [0.25, 0.3) is 0 Å². The lowest BCUT2D eigenvalue weighted by molar-refractivity contribution is 0.0727. The molecule has 0 saturated heterocycles. The van der Waals surface area contributed by atoms with E-state index in [0.717, 1.165) is 5.65 Å². The van der Waals surface area contributed by atoms with Gasteiger partial charge in [0.1, 0.15) is 11.4 Å². The van der Waals surface area contributed by atoms with Gasteiger partial charge in [-0.2, -0.15) is 0 Å². The minimum absolute atomic E-state index is 0.412. The third-order valence-electron chi connectivity index (χ3n) is 2.58. The topological polar surface area (TPSA) is 43.6 Å². The van der Waals surface area contributed by atoms with Crippen molar-refractivity contribution in [1.82, 2.24) is 9.38 Å². The van der Waals surface area contributed by atoms with E-state index in [-0.39, 0.29) is 0 Å². The van der Waals surface area contributed by atoms with Crippen LogP contribution in [-0.2, 0) is 0 Å². The monoisotopic (exact) mass is 238 g/mol. The fraction of sp³-hybridized carbons (Fsp3) is 0. The van der Waals surface area contributed by atoms with Gasteiger partial charge >= 0.3 is 5.97 Å². The van der Waals surface area contributed by atoms with E-state index in [1.54, 1.807) is 22.7 Å². The van der Waals surface area contributed by atoms with E-state index in [1.807, 2.05) is 36.4 Å². The Balaban J connectivity index is 1.93. The van der Waals surface area contributed by atoms with Crippen molar-refractivity contribution in [2.24, 2.45) is 0 Å². The van der Waals surface area contributed by atoms with E-state index in [4.69, 9.17) is 4.74 Å². The van der Waals surface area contributed by atoms with Crippen molar-refractivity contribution in [3.63, 3.8) is 0 Å². The molecule has 3 aromatic rings. The van der Waals surface area contributed by atoms with Crippen LogP contribution in [0.3, 0.4) is 0 Å². The Bertz CT molecular complexity index is 689. The first-order chi connectivity index (χ1) is 8.84. The van der Waals surface area contributed by atoms with Crippen LogP contribution in [-0.4, -0.2) is 15.4 Å². The van der Waals surface area contributed by atoms with Crippen molar-refractivity contribution in [3.05, 3.63) is 66.6 Å². The highest BCUT2D eigenvalue weighted by molar-refractivity contribution is 5.90. The van der Waals surface area contributed by atoms with E-state index in [1.165, 1.54) is 6.20 Å². The molecule has 0 bridgehead atoms. The zero-order valence-electron chi connectivity index (χ0n) is 9.48. The maximum atomic E-state index is 12.0. The van der Waals surface area contributed by atoms with Gasteiger partial charge in [-0.05, 0) is 24.3 Å². The molecule has 0 radical (unpaired) electrons. The van der Waals surface area contributed by atoms with Crippen molar-refractivity contribution < 1.29 is 9.53 Å². The number of pyridine rings is 1. The highest BCUT2D eigenvalue weighted by atomic mass is 16.5. The second-order valence-electron chi connectivity index (χ2n) is 3.77. The van der Waals surface area contributed by atoms with E-state index in [2.05, 4.69) is 4.98 Å². The summed E-state index contributed by atoms with van der Waals surface area (Å²) in [6.07, 6.45) is 3.30. The van der Waals surface area contributed by atoms with Crippen LogP contribution in [0.4, 0.5) is 0 Å². The molecule has 3 rings (SSSR count). The number of carbonyl (C=O) groups is 1. The number of ether oxygens (including phenoxy) is 1. The molecule has 0 unspecified atom stereocenters. The molecular formula is C14H10N2O2. The molecule has 0 saturated carbocycles. The first-order valence-electron chi connectivity index (χ1n) is 5.54. The van der Waals surface area contributed by atoms with E-state index >= 15 is 0 Å². The average molecular weight is 238 g/mol. The van der Waals surface area contributed by atoms with Crippen LogP contribution in [0.15, 0.2) is 60.9 Å². The summed E-state index contributed by atoms with van der Waals surface area (Å²) in [7, 11) is 0. The maximum Gasteiger partial charge on any atom is 0.362 e. The number of imidazole rings is 1. The molecule has 0 aliphatic carbocycles. The fourth-order valence-electron chi connectivity index (χ4n) is 1.73. The fourth-order valence-corrected chi connectivity index (χ4v) is 1.73. The van der Waals surface area contributed by atoms with Gasteiger partial charge in [-0.1, -0.05) is 24.3 Å². The van der Waals surface area contributed by atoms with Gasteiger partial charge in [-0.3, -0.25) is 4.40 Å². The highest BCUT2D eigenvalue weighted by Gasteiger charge is 2.13. The van der Waals surface area contributed by atoms with Gasteiger partial charge in [0.2, 0.25) is 0 Å². The smallest absolute Gasteiger partial charge is 0.362 e. The third kappa shape index (κ3) is 1.84. The summed E-state index contributed by atoms with van der Waals surface area (Å²) in [5, 5.41) is 0. The lowest BCUT2D eigenvalue weighted by Gasteiger charge is -2.03. The molecule has 0 N–H and O–H groups in total. The van der Waals surface area contributed by atoms with Gasteiger partial charge < -0.3 is 4.74 Å². The third-order valence-corrected chi connectivity index (χ3v) is 2.58. The number of fused-ring (bicyclic) bond motifs is 1. The Morgan fingerprint density at radius 1 is 1.06 bits per heavy atom. The number of hydrogen-bond donors (Lipinski definition) is 0. The van der Waals surface area contributed by atoms with Crippen LogP contribution < -0.4 is 4.74 Å². The summed E-state index contributed by atoms with van der Waals surface area (Å²) in [4.78, 5) is 16.1. The van der Waals surface area contributed by atoms with E-state index in [9.17, 15) is 4.79 Å². The number of aromatic nitrogens is 2. The zero-order valence-corrected chi connectivity index (χ0v) is 9.48. The molecule has 0 spiro atoms. The quantitative estimate of drug-likeness (QED) is 0.509. The predicted molar refractivity (Wildman–Crippen MR) is 66.6 cm³/mol. The second kappa shape index (κ2) is 4.33. The molecule has 2 heterocycles. The Morgan fingerprint density at radius 2 is 1.83 bits per heavy atom. The lowest BCUT2D eigenvalue weighted by Crippen LogP contribution is -2.11. The Morgan fingerprint density at radius 3 is 2.67 bits per heavy atom. The molecule has 88 valence electrons. The van der Waals surface area contributed by atoms with Crippen LogP contribution in [0.2, 0.25) is 0 Å². The van der Waals surface area contributed by atoms with Crippen LogP contribution in [0.5, 0.6) is 5.75 Å². The molecule has 4 nitrogen and oxygen atoms in total. The zero-order chi connectivity index (χ0) is 12.4. The summed E-state index contributed by atoms with van der Waals surface area (Å²) < 4.78 is 6.97. The number of para-hydroxylation sites is 1. The second-order valence-corrected chi connectivity index (χ2v) is 3.77. The predicted octanol–water partition coefficient (Wildman–Crippen LogP) is 2.55. The Hall–Kier alpha value is -2.62. The van der Waals surface area contributed by atoms with Crippen LogP contribution in [0.25, 0.3) is 5.65 Å². The van der Waals surface area contributed by atoms with Crippen molar-refractivity contribution in [2.45, 2.75) is 0 Å². The number of esters is 1. The first-order valence-corrected chi connectivity index (χ1v) is 5.54. The van der Waals surface area contributed by atoms with Gasteiger partial charge in [0.05, 0.1) is 6.20 Å². The summed E-state index contributed by atoms with van der Waals surface area (Å²) in [5.41, 5.74) is 1.13. The van der Waals surface area contributed by atoms with Crippen LogP contribution >= 0.6 is 0 Å². The van der Waals surface area contributed by atoms with Crippen molar-refractivity contribution in [3.8, 4) is 5.75 Å². The minimum atomic E-state index is -0.417. The largest absolute Gasteiger partial charge is 0.422 e. The average Bonchev–Trinajstić information content (AvgIpc) is 2.84. The van der Waals surface area contributed by atoms with Crippen LogP contribution in [0, 0.1) is 0 Å². The minimum Gasteiger partial charge on any atom is -0.422 e. The highest BCUT2D eigenvalue weighted by Crippen LogP contribution is 2.13. The van der Waals surface area contributed by atoms with Crippen LogP contribution in [0.1, 0.15) is 10.5 Å². The molecular weight excluding hydrogens is 228 g/mol. The SMILES string of the molecule is O=C(Oc1ccccc1)c1cnc2ccccn12. The molecule has 0 fully saturated rings. The van der Waals surface area contributed by atoms with Gasteiger partial charge in [-0.15, -0.1) is 0 Å². The molecule has 0 amide bonds. The lowest BCUT2D eigenvalue weighted by atomic mass is 10.3.